The molecule has 0 radical (unpaired) electrons. The predicted octanol–water partition coefficient (Wildman–Crippen LogP) is 1.06. The summed E-state index contributed by atoms with van der Waals surface area (Å²) in [6.45, 7) is 4.70. The van der Waals surface area contributed by atoms with Crippen molar-refractivity contribution in [1.82, 2.24) is 9.97 Å². The first-order valence-corrected chi connectivity index (χ1v) is 5.74. The van der Waals surface area contributed by atoms with Gasteiger partial charge in [-0.1, -0.05) is 0 Å². The van der Waals surface area contributed by atoms with Crippen LogP contribution in [-0.2, 0) is 4.74 Å². The fourth-order valence-corrected chi connectivity index (χ4v) is 2.06. The highest BCUT2D eigenvalue weighted by atomic mass is 16.5. The van der Waals surface area contributed by atoms with E-state index in [0.717, 1.165) is 38.4 Å². The van der Waals surface area contributed by atoms with Gasteiger partial charge in [-0.25, -0.2) is 4.98 Å². The molecule has 0 bridgehead atoms. The van der Waals surface area contributed by atoms with E-state index in [1.165, 1.54) is 0 Å². The molecule has 2 heterocycles. The first-order valence-electron chi connectivity index (χ1n) is 5.74. The van der Waals surface area contributed by atoms with E-state index in [-0.39, 0.29) is 0 Å². The normalized spacial score (nSPS) is 21.1. The Morgan fingerprint density at radius 3 is 3.25 bits per heavy atom. The fraction of sp³-hybridized carbons (Fsp3) is 0.636. The molecule has 5 heteroatoms. The molecule has 0 saturated carbocycles. The Balaban J connectivity index is 2.03. The SMILES string of the molecule is CCOC1CCCN(c2ccnc(N)n2)C1. The van der Waals surface area contributed by atoms with Crippen LogP contribution in [0.2, 0.25) is 0 Å². The van der Waals surface area contributed by atoms with Crippen molar-refractivity contribution in [2.24, 2.45) is 0 Å². The standard InChI is InChI=1S/C11H18N4O/c1-2-16-9-4-3-7-15(8-9)10-5-6-13-11(12)14-10/h5-6,9H,2-4,7-8H2,1H3,(H2,12,13,14). The molecule has 0 spiro atoms. The number of anilines is 2. The molecule has 1 atom stereocenters. The number of nitrogens with two attached hydrogens (primary N) is 1. The Labute approximate surface area is 95.6 Å². The molecule has 1 aliphatic heterocycles. The number of hydrogen-bond donors (Lipinski definition) is 1. The van der Waals surface area contributed by atoms with Crippen LogP contribution in [-0.4, -0.2) is 35.8 Å². The monoisotopic (exact) mass is 222 g/mol. The van der Waals surface area contributed by atoms with Gasteiger partial charge in [-0.3, -0.25) is 0 Å². The van der Waals surface area contributed by atoms with Crippen LogP contribution in [0.4, 0.5) is 11.8 Å². The molecule has 1 aromatic rings. The number of nitrogens with zero attached hydrogens (tertiary/aromatic N) is 3. The molecule has 1 fully saturated rings. The van der Waals surface area contributed by atoms with Gasteiger partial charge >= 0.3 is 0 Å². The smallest absolute Gasteiger partial charge is 0.221 e. The van der Waals surface area contributed by atoms with Crippen LogP contribution >= 0.6 is 0 Å². The third-order valence-electron chi connectivity index (χ3n) is 2.76. The minimum atomic E-state index is 0.315. The van der Waals surface area contributed by atoms with Crippen molar-refractivity contribution in [3.63, 3.8) is 0 Å². The summed E-state index contributed by atoms with van der Waals surface area (Å²) in [6.07, 6.45) is 4.27. The van der Waals surface area contributed by atoms with Crippen molar-refractivity contribution in [3.8, 4) is 0 Å². The Morgan fingerprint density at radius 2 is 2.50 bits per heavy atom. The summed E-state index contributed by atoms with van der Waals surface area (Å²) in [5, 5.41) is 0. The van der Waals surface area contributed by atoms with Crippen molar-refractivity contribution < 1.29 is 4.74 Å². The maximum Gasteiger partial charge on any atom is 0.221 e. The topological polar surface area (TPSA) is 64.3 Å². The molecule has 1 saturated heterocycles. The second-order valence-electron chi connectivity index (χ2n) is 3.94. The molecular weight excluding hydrogens is 204 g/mol. The lowest BCUT2D eigenvalue weighted by molar-refractivity contribution is 0.0525. The Morgan fingerprint density at radius 1 is 1.62 bits per heavy atom. The van der Waals surface area contributed by atoms with Crippen LogP contribution in [0, 0.1) is 0 Å². The largest absolute Gasteiger partial charge is 0.377 e. The molecule has 1 unspecified atom stereocenters. The first-order chi connectivity index (χ1) is 7.79. The molecule has 5 nitrogen and oxygen atoms in total. The van der Waals surface area contributed by atoms with Crippen LogP contribution in [0.1, 0.15) is 19.8 Å². The second-order valence-corrected chi connectivity index (χ2v) is 3.94. The highest BCUT2D eigenvalue weighted by Crippen LogP contribution is 2.19. The highest BCUT2D eigenvalue weighted by Gasteiger charge is 2.20. The third-order valence-corrected chi connectivity index (χ3v) is 2.76. The molecule has 0 amide bonds. The van der Waals surface area contributed by atoms with Crippen molar-refractivity contribution in [2.75, 3.05) is 30.3 Å². The van der Waals surface area contributed by atoms with E-state index in [2.05, 4.69) is 14.9 Å². The van der Waals surface area contributed by atoms with Crippen LogP contribution in [0.5, 0.6) is 0 Å². The number of hydrogen-bond acceptors (Lipinski definition) is 5. The maximum atomic E-state index is 5.65. The zero-order valence-electron chi connectivity index (χ0n) is 9.59. The van der Waals surface area contributed by atoms with Gasteiger partial charge in [-0.2, -0.15) is 4.98 Å². The van der Waals surface area contributed by atoms with Gasteiger partial charge in [0.1, 0.15) is 5.82 Å². The van der Waals surface area contributed by atoms with Gasteiger partial charge in [0, 0.05) is 25.9 Å². The van der Waals surface area contributed by atoms with Crippen molar-refractivity contribution in [3.05, 3.63) is 12.3 Å². The van der Waals surface area contributed by atoms with E-state index in [1.807, 2.05) is 13.0 Å². The van der Waals surface area contributed by atoms with Gasteiger partial charge in [-0.05, 0) is 25.8 Å². The third kappa shape index (κ3) is 2.61. The van der Waals surface area contributed by atoms with E-state index in [9.17, 15) is 0 Å². The lowest BCUT2D eigenvalue weighted by Crippen LogP contribution is -2.40. The fourth-order valence-electron chi connectivity index (χ4n) is 2.06. The zero-order valence-corrected chi connectivity index (χ0v) is 9.59. The summed E-state index contributed by atoms with van der Waals surface area (Å²) in [6, 6.07) is 1.89. The Kier molecular flexibility index (Phi) is 3.56. The highest BCUT2D eigenvalue weighted by molar-refractivity contribution is 5.41. The first kappa shape index (κ1) is 11.1. The summed E-state index contributed by atoms with van der Waals surface area (Å²) in [7, 11) is 0. The van der Waals surface area contributed by atoms with Crippen LogP contribution in [0.3, 0.4) is 0 Å². The lowest BCUT2D eigenvalue weighted by Gasteiger charge is -2.33. The van der Waals surface area contributed by atoms with Gasteiger partial charge in [-0.15, -0.1) is 0 Å². The van der Waals surface area contributed by atoms with E-state index in [1.54, 1.807) is 6.20 Å². The van der Waals surface area contributed by atoms with E-state index < -0.39 is 0 Å². The van der Waals surface area contributed by atoms with Gasteiger partial charge in [0.05, 0.1) is 6.10 Å². The number of nitrogen functional groups attached to an aromatic ring is 1. The molecule has 2 rings (SSSR count). The molecule has 0 aliphatic carbocycles. The lowest BCUT2D eigenvalue weighted by atomic mass is 10.1. The molecule has 16 heavy (non-hydrogen) atoms. The minimum Gasteiger partial charge on any atom is -0.377 e. The zero-order chi connectivity index (χ0) is 11.4. The van der Waals surface area contributed by atoms with Gasteiger partial charge in [0.15, 0.2) is 0 Å². The average molecular weight is 222 g/mol. The van der Waals surface area contributed by atoms with Crippen LogP contribution in [0.25, 0.3) is 0 Å². The summed E-state index contributed by atoms with van der Waals surface area (Å²) in [5.41, 5.74) is 5.58. The number of ether oxygens (including phenoxy) is 1. The van der Waals surface area contributed by atoms with Gasteiger partial charge in [0.25, 0.3) is 0 Å². The maximum absolute atomic E-state index is 5.65. The summed E-state index contributed by atoms with van der Waals surface area (Å²) < 4.78 is 5.65. The molecular formula is C11H18N4O. The van der Waals surface area contributed by atoms with Crippen molar-refractivity contribution >= 4 is 11.8 Å². The summed E-state index contributed by atoms with van der Waals surface area (Å²) in [4.78, 5) is 10.3. The molecule has 1 aromatic heterocycles. The average Bonchev–Trinajstić information content (AvgIpc) is 2.30. The predicted molar refractivity (Wildman–Crippen MR) is 63.3 cm³/mol. The quantitative estimate of drug-likeness (QED) is 0.828. The summed E-state index contributed by atoms with van der Waals surface area (Å²) in [5.74, 6) is 1.23. The van der Waals surface area contributed by atoms with Crippen LogP contribution in [0.15, 0.2) is 12.3 Å². The second kappa shape index (κ2) is 5.12. The van der Waals surface area contributed by atoms with E-state index in [4.69, 9.17) is 10.5 Å². The van der Waals surface area contributed by atoms with Gasteiger partial charge < -0.3 is 15.4 Å². The van der Waals surface area contributed by atoms with E-state index >= 15 is 0 Å². The van der Waals surface area contributed by atoms with Gasteiger partial charge in [0.2, 0.25) is 5.95 Å². The summed E-state index contributed by atoms with van der Waals surface area (Å²) >= 11 is 0. The Hall–Kier alpha value is -1.36. The Bertz CT molecular complexity index is 343. The molecule has 1 aliphatic rings. The van der Waals surface area contributed by atoms with Crippen molar-refractivity contribution in [2.45, 2.75) is 25.9 Å². The number of piperidine rings is 1. The number of rotatable bonds is 3. The van der Waals surface area contributed by atoms with Crippen molar-refractivity contribution in [1.29, 1.82) is 0 Å². The molecule has 0 aromatic carbocycles. The van der Waals surface area contributed by atoms with Crippen LogP contribution < -0.4 is 10.6 Å². The molecule has 2 N–H and O–H groups in total. The minimum absolute atomic E-state index is 0.315. The molecule has 88 valence electrons. The number of aromatic nitrogens is 2. The van der Waals surface area contributed by atoms with E-state index in [0.29, 0.717) is 12.1 Å².